The predicted molar refractivity (Wildman–Crippen MR) is 145 cm³/mol. The Bertz CT molecular complexity index is 1180. The lowest BCUT2D eigenvalue weighted by Crippen LogP contribution is -2.34. The van der Waals surface area contributed by atoms with E-state index in [2.05, 4.69) is 36.7 Å². The van der Waals surface area contributed by atoms with Gasteiger partial charge in [-0.05, 0) is 84.2 Å². The van der Waals surface area contributed by atoms with Gasteiger partial charge in [0.1, 0.15) is 5.75 Å². The zero-order valence-electron chi connectivity index (χ0n) is 20.5. The fourth-order valence-corrected chi connectivity index (χ4v) is 3.46. The number of hydrogen-bond acceptors (Lipinski definition) is 4. The predicted octanol–water partition coefficient (Wildman–Crippen LogP) is 6.15. The molecule has 0 aromatic heterocycles. The van der Waals surface area contributed by atoms with Crippen LogP contribution in [0.4, 0.5) is 11.4 Å². The first-order valence-corrected chi connectivity index (χ1v) is 11.9. The van der Waals surface area contributed by atoms with E-state index in [0.29, 0.717) is 34.9 Å². The maximum Gasteiger partial charge on any atom is 0.257 e. The van der Waals surface area contributed by atoms with E-state index in [-0.39, 0.29) is 22.3 Å². The van der Waals surface area contributed by atoms with E-state index in [4.69, 9.17) is 17.0 Å². The fraction of sp³-hybridized carbons (Fsp3) is 0.250. The van der Waals surface area contributed by atoms with Crippen molar-refractivity contribution in [3.05, 3.63) is 89.5 Å². The Morgan fingerprint density at radius 1 is 0.829 bits per heavy atom. The molecule has 35 heavy (non-hydrogen) atoms. The maximum absolute atomic E-state index is 12.6. The molecule has 3 N–H and O–H groups in total. The molecular formula is C28H31N3O3S. The van der Waals surface area contributed by atoms with Crippen molar-refractivity contribution < 1.29 is 14.3 Å². The van der Waals surface area contributed by atoms with E-state index in [9.17, 15) is 9.59 Å². The summed E-state index contributed by atoms with van der Waals surface area (Å²) in [5, 5.41) is 8.71. The van der Waals surface area contributed by atoms with Crippen LogP contribution in [0, 0.1) is 0 Å². The number of rotatable bonds is 7. The molecular weight excluding hydrogens is 458 g/mol. The standard InChI is InChI=1S/C28H31N3O3S/c1-5-17-34-24-8-6-7-20(18-24)26(33)31-27(35)30-23-15-13-22(14-16-23)29-25(32)19-9-11-21(12-10-19)28(2,3)4/h6-16,18H,5,17H2,1-4H3,(H,29,32)(H2,30,31,33,35). The monoisotopic (exact) mass is 489 g/mol. The van der Waals surface area contributed by atoms with Gasteiger partial charge in [-0.25, -0.2) is 0 Å². The third-order valence-electron chi connectivity index (χ3n) is 5.21. The number of ether oxygens (including phenoxy) is 1. The van der Waals surface area contributed by atoms with Crippen LogP contribution in [0.2, 0.25) is 0 Å². The van der Waals surface area contributed by atoms with Crippen molar-refractivity contribution in [1.82, 2.24) is 5.32 Å². The van der Waals surface area contributed by atoms with Gasteiger partial charge in [-0.1, -0.05) is 45.9 Å². The zero-order chi connectivity index (χ0) is 25.4. The number of benzene rings is 3. The minimum absolute atomic E-state index is 0.0327. The van der Waals surface area contributed by atoms with Gasteiger partial charge in [-0.2, -0.15) is 0 Å². The van der Waals surface area contributed by atoms with Crippen LogP contribution in [-0.4, -0.2) is 23.5 Å². The highest BCUT2D eigenvalue weighted by atomic mass is 32.1. The first-order chi connectivity index (χ1) is 16.7. The smallest absolute Gasteiger partial charge is 0.257 e. The lowest BCUT2D eigenvalue weighted by Gasteiger charge is -2.19. The number of anilines is 2. The number of amides is 2. The normalized spacial score (nSPS) is 10.9. The lowest BCUT2D eigenvalue weighted by molar-refractivity contribution is 0.0976. The molecule has 6 nitrogen and oxygen atoms in total. The molecule has 0 spiro atoms. The SMILES string of the molecule is CCCOc1cccc(C(=O)NC(=S)Nc2ccc(NC(=O)c3ccc(C(C)(C)C)cc3)cc2)c1. The van der Waals surface area contributed by atoms with Crippen molar-refractivity contribution in [1.29, 1.82) is 0 Å². The van der Waals surface area contributed by atoms with E-state index >= 15 is 0 Å². The summed E-state index contributed by atoms with van der Waals surface area (Å²) in [7, 11) is 0. The average molecular weight is 490 g/mol. The second-order valence-corrected chi connectivity index (χ2v) is 9.55. The van der Waals surface area contributed by atoms with Crippen LogP contribution in [0.5, 0.6) is 5.75 Å². The highest BCUT2D eigenvalue weighted by molar-refractivity contribution is 7.80. The quantitative estimate of drug-likeness (QED) is 0.347. The van der Waals surface area contributed by atoms with Crippen LogP contribution in [0.25, 0.3) is 0 Å². The van der Waals surface area contributed by atoms with Crippen molar-refractivity contribution in [3.63, 3.8) is 0 Å². The fourth-order valence-electron chi connectivity index (χ4n) is 3.25. The average Bonchev–Trinajstić information content (AvgIpc) is 2.83. The van der Waals surface area contributed by atoms with Gasteiger partial charge < -0.3 is 15.4 Å². The van der Waals surface area contributed by atoms with Crippen LogP contribution in [0.15, 0.2) is 72.8 Å². The molecule has 3 aromatic rings. The summed E-state index contributed by atoms with van der Waals surface area (Å²) in [6.45, 7) is 9.01. The maximum atomic E-state index is 12.6. The second kappa shape index (κ2) is 11.6. The molecule has 0 aliphatic carbocycles. The summed E-state index contributed by atoms with van der Waals surface area (Å²) in [6, 6.07) is 21.7. The van der Waals surface area contributed by atoms with Gasteiger partial charge in [0.15, 0.2) is 5.11 Å². The Labute approximate surface area is 212 Å². The molecule has 0 saturated heterocycles. The zero-order valence-corrected chi connectivity index (χ0v) is 21.3. The minimum atomic E-state index is -0.328. The molecule has 0 radical (unpaired) electrons. The highest BCUT2D eigenvalue weighted by Gasteiger charge is 2.14. The minimum Gasteiger partial charge on any atom is -0.494 e. The Morgan fingerprint density at radius 3 is 2.06 bits per heavy atom. The van der Waals surface area contributed by atoms with E-state index in [1.54, 1.807) is 42.5 Å². The number of nitrogens with one attached hydrogen (secondary N) is 3. The van der Waals surface area contributed by atoms with Crippen molar-refractivity contribution in [2.24, 2.45) is 0 Å². The van der Waals surface area contributed by atoms with Gasteiger partial charge >= 0.3 is 0 Å². The Kier molecular flexibility index (Phi) is 8.60. The lowest BCUT2D eigenvalue weighted by atomic mass is 9.87. The topological polar surface area (TPSA) is 79.5 Å². The van der Waals surface area contributed by atoms with Crippen molar-refractivity contribution in [3.8, 4) is 5.75 Å². The summed E-state index contributed by atoms with van der Waals surface area (Å²) in [5.41, 5.74) is 3.59. The van der Waals surface area contributed by atoms with Crippen LogP contribution < -0.4 is 20.7 Å². The Morgan fingerprint density at radius 2 is 1.46 bits per heavy atom. The summed E-state index contributed by atoms with van der Waals surface area (Å²) >= 11 is 5.27. The molecule has 182 valence electrons. The van der Waals surface area contributed by atoms with Gasteiger partial charge in [-0.3, -0.25) is 14.9 Å². The molecule has 0 atom stereocenters. The first kappa shape index (κ1) is 25.9. The molecule has 0 aliphatic rings. The van der Waals surface area contributed by atoms with E-state index < -0.39 is 0 Å². The highest BCUT2D eigenvalue weighted by Crippen LogP contribution is 2.23. The second-order valence-electron chi connectivity index (χ2n) is 9.14. The molecule has 7 heteroatoms. The largest absolute Gasteiger partial charge is 0.494 e. The van der Waals surface area contributed by atoms with E-state index in [1.165, 1.54) is 5.56 Å². The molecule has 0 saturated carbocycles. The molecule has 0 fully saturated rings. The Balaban J connectivity index is 1.54. The third-order valence-corrected chi connectivity index (χ3v) is 5.41. The third kappa shape index (κ3) is 7.65. The van der Waals surface area contributed by atoms with Crippen LogP contribution in [0.3, 0.4) is 0 Å². The van der Waals surface area contributed by atoms with Gasteiger partial charge in [0.05, 0.1) is 6.61 Å². The van der Waals surface area contributed by atoms with Crippen LogP contribution in [-0.2, 0) is 5.41 Å². The van der Waals surface area contributed by atoms with Gasteiger partial charge in [0, 0.05) is 22.5 Å². The molecule has 0 aliphatic heterocycles. The van der Waals surface area contributed by atoms with Gasteiger partial charge in [-0.15, -0.1) is 0 Å². The Hall–Kier alpha value is -3.71. The number of thiocarbonyl (C=S) groups is 1. The summed E-state index contributed by atoms with van der Waals surface area (Å²) in [4.78, 5) is 25.1. The van der Waals surface area contributed by atoms with Gasteiger partial charge in [0.2, 0.25) is 0 Å². The van der Waals surface area contributed by atoms with Crippen molar-refractivity contribution >= 4 is 40.5 Å². The molecule has 0 unspecified atom stereocenters. The van der Waals surface area contributed by atoms with Crippen molar-refractivity contribution in [2.75, 3.05) is 17.2 Å². The van der Waals surface area contributed by atoms with Gasteiger partial charge in [0.25, 0.3) is 11.8 Å². The summed E-state index contributed by atoms with van der Waals surface area (Å²) < 4.78 is 5.57. The molecule has 0 bridgehead atoms. The first-order valence-electron chi connectivity index (χ1n) is 11.5. The number of carbonyl (C=O) groups is 2. The molecule has 3 rings (SSSR count). The molecule has 0 heterocycles. The number of hydrogen-bond donors (Lipinski definition) is 3. The molecule has 2 amide bonds. The van der Waals surface area contributed by atoms with Crippen molar-refractivity contribution in [2.45, 2.75) is 39.5 Å². The summed E-state index contributed by atoms with van der Waals surface area (Å²) in [5.74, 6) is 0.131. The van der Waals surface area contributed by atoms with Crippen LogP contribution >= 0.6 is 12.2 Å². The van der Waals surface area contributed by atoms with E-state index in [0.717, 1.165) is 6.42 Å². The number of carbonyl (C=O) groups excluding carboxylic acids is 2. The van der Waals surface area contributed by atoms with E-state index in [1.807, 2.05) is 37.3 Å². The molecule has 3 aromatic carbocycles. The van der Waals surface area contributed by atoms with Crippen LogP contribution in [0.1, 0.15) is 60.4 Å². The summed E-state index contributed by atoms with van der Waals surface area (Å²) in [6.07, 6.45) is 0.886.